The molecule has 0 aliphatic carbocycles. The highest BCUT2D eigenvalue weighted by Gasteiger charge is 2.23. The van der Waals surface area contributed by atoms with Gasteiger partial charge in [-0.25, -0.2) is 9.37 Å². The summed E-state index contributed by atoms with van der Waals surface area (Å²) in [6.45, 7) is 3.49. The normalized spacial score (nSPS) is 16.3. The van der Waals surface area contributed by atoms with E-state index in [0.29, 0.717) is 35.0 Å². The largest absolute Gasteiger partial charge is 0.381 e. The Morgan fingerprint density at radius 2 is 1.97 bits per heavy atom. The molecule has 33 heavy (non-hydrogen) atoms. The molecule has 4 aromatic rings. The maximum absolute atomic E-state index is 14.5. The zero-order chi connectivity index (χ0) is 22.8. The van der Waals surface area contributed by atoms with Crippen molar-refractivity contribution in [2.75, 3.05) is 18.5 Å². The van der Waals surface area contributed by atoms with Gasteiger partial charge in [0.05, 0.1) is 23.7 Å². The standard InChI is InChI=1S/C26H23FN4O2/c1-17-25(20-11-13-33-16-20)30-24-10-9-22(15-31(17)24)29-26(32)19-7-5-18(6-8-19)23(27)14-21-4-2-3-12-28-21/h2-10,12,14-15,20H,11,13,16H2,1H3,(H,29,32). The number of pyridine rings is 2. The van der Waals surface area contributed by atoms with Crippen molar-refractivity contribution in [2.45, 2.75) is 19.3 Å². The molecular weight excluding hydrogens is 419 g/mol. The lowest BCUT2D eigenvalue weighted by molar-refractivity contribution is 0.102. The number of amides is 1. The van der Waals surface area contributed by atoms with E-state index in [-0.39, 0.29) is 5.91 Å². The third kappa shape index (κ3) is 4.40. The van der Waals surface area contributed by atoms with Crippen molar-refractivity contribution in [3.63, 3.8) is 0 Å². The summed E-state index contributed by atoms with van der Waals surface area (Å²) in [4.78, 5) is 21.6. The molecule has 166 valence electrons. The van der Waals surface area contributed by atoms with Gasteiger partial charge in [0.2, 0.25) is 0 Å². The fourth-order valence-electron chi connectivity index (χ4n) is 4.05. The summed E-state index contributed by atoms with van der Waals surface area (Å²) < 4.78 is 22.0. The van der Waals surface area contributed by atoms with Crippen LogP contribution in [0.3, 0.4) is 0 Å². The molecule has 1 aliphatic heterocycles. The topological polar surface area (TPSA) is 68.5 Å². The minimum Gasteiger partial charge on any atom is -0.381 e. The van der Waals surface area contributed by atoms with Crippen molar-refractivity contribution < 1.29 is 13.9 Å². The van der Waals surface area contributed by atoms with E-state index in [1.165, 1.54) is 6.08 Å². The van der Waals surface area contributed by atoms with Crippen molar-refractivity contribution in [3.05, 3.63) is 95.2 Å². The van der Waals surface area contributed by atoms with Crippen molar-refractivity contribution in [3.8, 4) is 0 Å². The lowest BCUT2D eigenvalue weighted by Gasteiger charge is -2.08. The first-order chi connectivity index (χ1) is 16.1. The van der Waals surface area contributed by atoms with E-state index in [4.69, 9.17) is 9.72 Å². The molecule has 1 atom stereocenters. The van der Waals surface area contributed by atoms with Crippen molar-refractivity contribution in [1.82, 2.24) is 14.4 Å². The van der Waals surface area contributed by atoms with Crippen LogP contribution in [0.5, 0.6) is 0 Å². The monoisotopic (exact) mass is 442 g/mol. The molecule has 1 N–H and O–H groups in total. The van der Waals surface area contributed by atoms with Crippen LogP contribution < -0.4 is 5.32 Å². The number of benzene rings is 1. The number of carbonyl (C=O) groups is 1. The minimum absolute atomic E-state index is 0.266. The number of nitrogens with zero attached hydrogens (tertiary/aromatic N) is 3. The number of hydrogen-bond acceptors (Lipinski definition) is 4. The number of aryl methyl sites for hydroxylation is 1. The third-order valence-corrected chi connectivity index (χ3v) is 5.85. The van der Waals surface area contributed by atoms with E-state index < -0.39 is 5.83 Å². The summed E-state index contributed by atoms with van der Waals surface area (Å²) in [7, 11) is 0. The maximum atomic E-state index is 14.5. The van der Waals surface area contributed by atoms with Crippen LogP contribution in [0.2, 0.25) is 0 Å². The Kier molecular flexibility index (Phi) is 5.71. The van der Waals surface area contributed by atoms with Gasteiger partial charge in [-0.05, 0) is 49.7 Å². The predicted octanol–water partition coefficient (Wildman–Crippen LogP) is 5.26. The number of aromatic nitrogens is 3. The van der Waals surface area contributed by atoms with Crippen LogP contribution in [-0.4, -0.2) is 33.5 Å². The fourth-order valence-corrected chi connectivity index (χ4v) is 4.05. The van der Waals surface area contributed by atoms with Crippen molar-refractivity contribution >= 4 is 29.1 Å². The average Bonchev–Trinajstić information content (AvgIpc) is 3.48. The summed E-state index contributed by atoms with van der Waals surface area (Å²) in [6.07, 6.45) is 5.82. The smallest absolute Gasteiger partial charge is 0.255 e. The Bertz CT molecular complexity index is 1320. The number of fused-ring (bicyclic) bond motifs is 1. The van der Waals surface area contributed by atoms with Gasteiger partial charge in [-0.3, -0.25) is 9.78 Å². The van der Waals surface area contributed by atoms with Gasteiger partial charge in [-0.1, -0.05) is 18.2 Å². The molecule has 1 unspecified atom stereocenters. The average molecular weight is 442 g/mol. The second-order valence-corrected chi connectivity index (χ2v) is 8.07. The first-order valence-corrected chi connectivity index (χ1v) is 10.8. The SMILES string of the molecule is Cc1c(C2CCOC2)nc2ccc(NC(=O)c3ccc(C(F)=Cc4ccccn4)cc3)cn12. The van der Waals surface area contributed by atoms with Gasteiger partial charge >= 0.3 is 0 Å². The second kappa shape index (κ2) is 8.96. The van der Waals surface area contributed by atoms with Crippen LogP contribution >= 0.6 is 0 Å². The van der Waals surface area contributed by atoms with Gasteiger partial charge in [0, 0.05) is 47.8 Å². The van der Waals surface area contributed by atoms with Crippen molar-refractivity contribution in [2.24, 2.45) is 0 Å². The zero-order valence-corrected chi connectivity index (χ0v) is 18.2. The zero-order valence-electron chi connectivity index (χ0n) is 18.2. The van der Waals surface area contributed by atoms with Crippen LogP contribution in [0, 0.1) is 6.92 Å². The highest BCUT2D eigenvalue weighted by Crippen LogP contribution is 2.28. The maximum Gasteiger partial charge on any atom is 0.255 e. The number of anilines is 1. The van der Waals surface area contributed by atoms with Crippen LogP contribution in [0.4, 0.5) is 10.1 Å². The first-order valence-electron chi connectivity index (χ1n) is 10.8. The van der Waals surface area contributed by atoms with Gasteiger partial charge in [0.1, 0.15) is 11.5 Å². The van der Waals surface area contributed by atoms with Crippen LogP contribution in [0.25, 0.3) is 17.6 Å². The summed E-state index contributed by atoms with van der Waals surface area (Å²) >= 11 is 0. The molecule has 1 fully saturated rings. The molecule has 1 amide bonds. The highest BCUT2D eigenvalue weighted by molar-refractivity contribution is 6.04. The van der Waals surface area contributed by atoms with E-state index in [2.05, 4.69) is 10.3 Å². The Balaban J connectivity index is 1.32. The Morgan fingerprint density at radius 1 is 1.15 bits per heavy atom. The van der Waals surface area contributed by atoms with E-state index in [9.17, 15) is 9.18 Å². The number of hydrogen-bond donors (Lipinski definition) is 1. The molecule has 0 radical (unpaired) electrons. The van der Waals surface area contributed by atoms with Gasteiger partial charge < -0.3 is 14.5 Å². The van der Waals surface area contributed by atoms with Crippen LogP contribution in [0.15, 0.2) is 67.0 Å². The molecule has 1 aromatic carbocycles. The number of rotatable bonds is 5. The molecule has 0 spiro atoms. The van der Waals surface area contributed by atoms with E-state index in [1.54, 1.807) is 48.7 Å². The number of halogens is 1. The van der Waals surface area contributed by atoms with Gasteiger partial charge in [-0.15, -0.1) is 0 Å². The molecule has 5 rings (SSSR count). The Labute approximate surface area is 190 Å². The number of ether oxygens (including phenoxy) is 1. The predicted molar refractivity (Wildman–Crippen MR) is 126 cm³/mol. The van der Waals surface area contributed by atoms with Crippen molar-refractivity contribution in [1.29, 1.82) is 0 Å². The second-order valence-electron chi connectivity index (χ2n) is 8.07. The molecule has 1 saturated heterocycles. The van der Waals surface area contributed by atoms with Gasteiger partial charge in [0.25, 0.3) is 5.91 Å². The summed E-state index contributed by atoms with van der Waals surface area (Å²) in [5.41, 5.74) is 4.96. The Hall–Kier alpha value is -3.84. The molecule has 7 heteroatoms. The molecule has 3 aromatic heterocycles. The fraction of sp³-hybridized carbons (Fsp3) is 0.192. The minimum atomic E-state index is -0.412. The molecule has 6 nitrogen and oxygen atoms in total. The highest BCUT2D eigenvalue weighted by atomic mass is 19.1. The summed E-state index contributed by atoms with van der Waals surface area (Å²) in [6, 6.07) is 15.4. The summed E-state index contributed by atoms with van der Waals surface area (Å²) in [5, 5.41) is 2.91. The number of nitrogens with one attached hydrogen (secondary N) is 1. The van der Waals surface area contributed by atoms with Gasteiger partial charge in [-0.2, -0.15) is 0 Å². The third-order valence-electron chi connectivity index (χ3n) is 5.85. The van der Waals surface area contributed by atoms with Crippen LogP contribution in [0.1, 0.15) is 45.3 Å². The van der Waals surface area contributed by atoms with E-state index in [1.807, 2.05) is 29.7 Å². The molecule has 0 bridgehead atoms. The van der Waals surface area contributed by atoms with E-state index >= 15 is 0 Å². The first kappa shape index (κ1) is 21.0. The Morgan fingerprint density at radius 3 is 2.70 bits per heavy atom. The lowest BCUT2D eigenvalue weighted by Crippen LogP contribution is -2.12. The summed E-state index contributed by atoms with van der Waals surface area (Å²) in [5.74, 6) is -0.365. The number of carbonyl (C=O) groups excluding carboxylic acids is 1. The lowest BCUT2D eigenvalue weighted by atomic mass is 10.0. The molecule has 0 saturated carbocycles. The van der Waals surface area contributed by atoms with Gasteiger partial charge in [0.15, 0.2) is 0 Å². The van der Waals surface area contributed by atoms with E-state index in [0.717, 1.165) is 30.1 Å². The molecular formula is C26H23FN4O2. The quantitative estimate of drug-likeness (QED) is 0.458. The van der Waals surface area contributed by atoms with Crippen LogP contribution in [-0.2, 0) is 4.74 Å². The molecule has 4 heterocycles. The molecule has 1 aliphatic rings. The number of imidazole rings is 1.